The summed E-state index contributed by atoms with van der Waals surface area (Å²) in [5, 5.41) is 0. The van der Waals surface area contributed by atoms with Crippen molar-refractivity contribution >= 4 is 11.8 Å². The summed E-state index contributed by atoms with van der Waals surface area (Å²) in [7, 11) is 0. The van der Waals surface area contributed by atoms with Crippen LogP contribution in [0.4, 0.5) is 0 Å². The third-order valence-electron chi connectivity index (χ3n) is 5.00. The maximum Gasteiger partial charge on any atom is 0.242 e. The Balaban J connectivity index is 1.40. The molecule has 136 valence electrons. The smallest absolute Gasteiger partial charge is 0.242 e. The van der Waals surface area contributed by atoms with Crippen LogP contribution in [0.1, 0.15) is 44.1 Å². The third-order valence-corrected chi connectivity index (χ3v) is 5.00. The molecule has 2 aliphatic rings. The molecule has 0 radical (unpaired) electrons. The van der Waals surface area contributed by atoms with Gasteiger partial charge < -0.3 is 14.5 Å². The molecule has 2 saturated heterocycles. The summed E-state index contributed by atoms with van der Waals surface area (Å²) >= 11 is 0. The number of rotatable bonds is 5. The molecule has 0 saturated carbocycles. The number of hydrogen-bond donors (Lipinski definition) is 0. The predicted molar refractivity (Wildman–Crippen MR) is 93.7 cm³/mol. The number of nitrogens with zero attached hydrogens (tertiary/aromatic N) is 3. The summed E-state index contributed by atoms with van der Waals surface area (Å²) in [5.41, 5.74) is 1.07. The lowest BCUT2D eigenvalue weighted by atomic mass is 10.1. The molecule has 1 aromatic heterocycles. The molecule has 0 aliphatic carbocycles. The Bertz CT molecular complexity index is 571. The summed E-state index contributed by atoms with van der Waals surface area (Å²) in [6.45, 7) is 2.93. The Kier molecular flexibility index (Phi) is 6.39. The molecule has 0 spiro atoms. The fourth-order valence-corrected chi connectivity index (χ4v) is 3.44. The van der Waals surface area contributed by atoms with E-state index in [1.54, 1.807) is 11.1 Å². The van der Waals surface area contributed by atoms with Crippen molar-refractivity contribution in [2.75, 3.05) is 26.2 Å². The fraction of sp³-hybridized carbons (Fsp3) is 0.632. The summed E-state index contributed by atoms with van der Waals surface area (Å²) in [6, 6.07) is 3.91. The summed E-state index contributed by atoms with van der Waals surface area (Å²) < 4.78 is 5.94. The van der Waals surface area contributed by atoms with Gasteiger partial charge in [0.1, 0.15) is 0 Å². The second-order valence-corrected chi connectivity index (χ2v) is 6.88. The van der Waals surface area contributed by atoms with E-state index in [1.807, 2.05) is 23.2 Å². The first-order valence-electron chi connectivity index (χ1n) is 9.28. The van der Waals surface area contributed by atoms with Crippen molar-refractivity contribution in [2.24, 2.45) is 0 Å². The van der Waals surface area contributed by atoms with Crippen molar-refractivity contribution < 1.29 is 14.3 Å². The lowest BCUT2D eigenvalue weighted by Crippen LogP contribution is -2.46. The zero-order chi connectivity index (χ0) is 17.5. The quantitative estimate of drug-likeness (QED) is 0.819. The molecule has 0 atom stereocenters. The van der Waals surface area contributed by atoms with E-state index in [0.717, 1.165) is 44.2 Å². The van der Waals surface area contributed by atoms with Crippen LogP contribution >= 0.6 is 0 Å². The first-order valence-corrected chi connectivity index (χ1v) is 9.28. The van der Waals surface area contributed by atoms with Gasteiger partial charge in [0, 0.05) is 38.4 Å². The third kappa shape index (κ3) is 5.26. The van der Waals surface area contributed by atoms with Crippen LogP contribution in [-0.4, -0.2) is 58.9 Å². The standard InChI is InChI=1S/C19H27N3O3/c23-18-6-2-1-3-10-22(18)14-19(24)21-11-7-17(8-12-21)25-15-16-5-4-9-20-13-16/h4-5,9,13,17H,1-3,6-8,10-12,14-15H2. The van der Waals surface area contributed by atoms with Crippen LogP contribution in [0.3, 0.4) is 0 Å². The van der Waals surface area contributed by atoms with Crippen molar-refractivity contribution in [1.82, 2.24) is 14.8 Å². The van der Waals surface area contributed by atoms with Crippen LogP contribution in [0.15, 0.2) is 24.5 Å². The van der Waals surface area contributed by atoms with Crippen molar-refractivity contribution in [3.8, 4) is 0 Å². The molecule has 2 fully saturated rings. The lowest BCUT2D eigenvalue weighted by Gasteiger charge is -2.33. The Morgan fingerprint density at radius 3 is 2.80 bits per heavy atom. The number of pyridine rings is 1. The largest absolute Gasteiger partial charge is 0.373 e. The molecule has 0 bridgehead atoms. The minimum atomic E-state index is 0.0703. The molecule has 2 aliphatic heterocycles. The van der Waals surface area contributed by atoms with Crippen molar-refractivity contribution in [1.29, 1.82) is 0 Å². The number of ether oxygens (including phenoxy) is 1. The van der Waals surface area contributed by atoms with Crippen molar-refractivity contribution in [2.45, 2.75) is 51.2 Å². The molecule has 3 heterocycles. The number of piperidine rings is 1. The average Bonchev–Trinajstić information content (AvgIpc) is 2.86. The van der Waals surface area contributed by atoms with Crippen LogP contribution < -0.4 is 0 Å². The van der Waals surface area contributed by atoms with Gasteiger partial charge in [-0.25, -0.2) is 0 Å². The highest BCUT2D eigenvalue weighted by atomic mass is 16.5. The Morgan fingerprint density at radius 1 is 1.20 bits per heavy atom. The lowest BCUT2D eigenvalue weighted by molar-refractivity contribution is -0.141. The molecule has 6 heteroatoms. The normalized spacial score (nSPS) is 19.8. The van der Waals surface area contributed by atoms with Gasteiger partial charge in [0.25, 0.3) is 0 Å². The van der Waals surface area contributed by atoms with Gasteiger partial charge in [0.15, 0.2) is 0 Å². The zero-order valence-electron chi connectivity index (χ0n) is 14.7. The second kappa shape index (κ2) is 8.94. The van der Waals surface area contributed by atoms with E-state index in [9.17, 15) is 9.59 Å². The Labute approximate surface area is 149 Å². The van der Waals surface area contributed by atoms with Crippen LogP contribution in [-0.2, 0) is 20.9 Å². The predicted octanol–water partition coefficient (Wildman–Crippen LogP) is 1.99. The van der Waals surface area contributed by atoms with E-state index in [2.05, 4.69) is 4.98 Å². The molecule has 1 aromatic rings. The number of hydrogen-bond acceptors (Lipinski definition) is 4. The topological polar surface area (TPSA) is 62.7 Å². The highest BCUT2D eigenvalue weighted by molar-refractivity contribution is 5.85. The van der Waals surface area contributed by atoms with E-state index in [-0.39, 0.29) is 24.5 Å². The van der Waals surface area contributed by atoms with E-state index >= 15 is 0 Å². The minimum absolute atomic E-state index is 0.0703. The van der Waals surface area contributed by atoms with Crippen LogP contribution in [0.2, 0.25) is 0 Å². The number of amides is 2. The Morgan fingerprint density at radius 2 is 2.04 bits per heavy atom. The number of carbonyl (C=O) groups is 2. The summed E-state index contributed by atoms with van der Waals surface area (Å²) in [6.07, 6.45) is 9.06. The molecule has 25 heavy (non-hydrogen) atoms. The Hall–Kier alpha value is -1.95. The highest BCUT2D eigenvalue weighted by Crippen LogP contribution is 2.17. The average molecular weight is 345 g/mol. The first kappa shape index (κ1) is 17.9. The molecule has 2 amide bonds. The monoisotopic (exact) mass is 345 g/mol. The number of likely N-dealkylation sites (tertiary alicyclic amines) is 2. The molecular weight excluding hydrogens is 318 g/mol. The maximum absolute atomic E-state index is 12.5. The summed E-state index contributed by atoms with van der Waals surface area (Å²) in [4.78, 5) is 32.2. The molecule has 0 unspecified atom stereocenters. The minimum Gasteiger partial charge on any atom is -0.373 e. The molecule has 0 N–H and O–H groups in total. The van der Waals surface area contributed by atoms with Crippen LogP contribution in [0, 0.1) is 0 Å². The van der Waals surface area contributed by atoms with Gasteiger partial charge in [-0.05, 0) is 37.3 Å². The van der Waals surface area contributed by atoms with Gasteiger partial charge in [0.2, 0.25) is 11.8 Å². The maximum atomic E-state index is 12.5. The fourth-order valence-electron chi connectivity index (χ4n) is 3.44. The SMILES string of the molecule is O=C(CN1CCCCCC1=O)N1CCC(OCc2cccnc2)CC1. The molecule has 0 aromatic carbocycles. The van der Waals surface area contributed by atoms with Crippen molar-refractivity contribution in [3.05, 3.63) is 30.1 Å². The van der Waals surface area contributed by atoms with E-state index in [4.69, 9.17) is 4.74 Å². The second-order valence-electron chi connectivity index (χ2n) is 6.88. The van der Waals surface area contributed by atoms with Gasteiger partial charge in [-0.15, -0.1) is 0 Å². The summed E-state index contributed by atoms with van der Waals surface area (Å²) in [5.74, 6) is 0.196. The first-order chi connectivity index (χ1) is 12.2. The molecular formula is C19H27N3O3. The van der Waals surface area contributed by atoms with Gasteiger partial charge in [0.05, 0.1) is 19.3 Å². The highest BCUT2D eigenvalue weighted by Gasteiger charge is 2.26. The van der Waals surface area contributed by atoms with Crippen LogP contribution in [0.25, 0.3) is 0 Å². The number of carbonyl (C=O) groups excluding carboxylic acids is 2. The van der Waals surface area contributed by atoms with E-state index in [1.165, 1.54) is 0 Å². The van der Waals surface area contributed by atoms with E-state index in [0.29, 0.717) is 26.1 Å². The van der Waals surface area contributed by atoms with Gasteiger partial charge in [-0.3, -0.25) is 14.6 Å². The van der Waals surface area contributed by atoms with E-state index < -0.39 is 0 Å². The van der Waals surface area contributed by atoms with Crippen LogP contribution in [0.5, 0.6) is 0 Å². The molecule has 3 rings (SSSR count). The molecule has 6 nitrogen and oxygen atoms in total. The van der Waals surface area contributed by atoms with Crippen molar-refractivity contribution in [3.63, 3.8) is 0 Å². The van der Waals surface area contributed by atoms with Gasteiger partial charge >= 0.3 is 0 Å². The number of aromatic nitrogens is 1. The van der Waals surface area contributed by atoms with Gasteiger partial charge in [-0.1, -0.05) is 12.5 Å². The zero-order valence-corrected chi connectivity index (χ0v) is 14.7. The van der Waals surface area contributed by atoms with Gasteiger partial charge in [-0.2, -0.15) is 0 Å².